The maximum absolute atomic E-state index is 12.1. The lowest BCUT2D eigenvalue weighted by Gasteiger charge is -2.34. The van der Waals surface area contributed by atoms with Gasteiger partial charge in [0.05, 0.1) is 6.54 Å². The minimum atomic E-state index is -0.810. The lowest BCUT2D eigenvalue weighted by atomic mass is 9.97. The molecule has 0 unspecified atom stereocenters. The number of hydrogen-bond acceptors (Lipinski definition) is 4. The SMILES string of the molecule is CN1CCC(CNC(=O)N2CCN(CC(=O)O)CC2)CC1. The van der Waals surface area contributed by atoms with E-state index in [0.29, 0.717) is 32.1 Å². The van der Waals surface area contributed by atoms with E-state index in [9.17, 15) is 9.59 Å². The van der Waals surface area contributed by atoms with Gasteiger partial charge in [0.25, 0.3) is 0 Å². The molecule has 2 amide bonds. The normalized spacial score (nSPS) is 22.2. The molecule has 7 nitrogen and oxygen atoms in total. The Kier molecular flexibility index (Phi) is 5.81. The van der Waals surface area contributed by atoms with E-state index < -0.39 is 5.97 Å². The first-order valence-corrected chi connectivity index (χ1v) is 7.70. The summed E-state index contributed by atoms with van der Waals surface area (Å²) in [7, 11) is 2.13. The number of urea groups is 1. The molecule has 2 saturated heterocycles. The minimum Gasteiger partial charge on any atom is -0.480 e. The number of carbonyl (C=O) groups excluding carboxylic acids is 1. The molecule has 21 heavy (non-hydrogen) atoms. The van der Waals surface area contributed by atoms with E-state index in [2.05, 4.69) is 17.3 Å². The number of carboxylic acid groups (broad SMARTS) is 1. The van der Waals surface area contributed by atoms with Gasteiger partial charge in [-0.25, -0.2) is 4.79 Å². The van der Waals surface area contributed by atoms with E-state index in [1.54, 1.807) is 4.90 Å². The Hall–Kier alpha value is -1.34. The van der Waals surface area contributed by atoms with Crippen molar-refractivity contribution >= 4 is 12.0 Å². The third-order valence-corrected chi connectivity index (χ3v) is 4.40. The van der Waals surface area contributed by atoms with E-state index in [-0.39, 0.29) is 12.6 Å². The van der Waals surface area contributed by atoms with Crippen LogP contribution in [0.1, 0.15) is 12.8 Å². The number of carboxylic acids is 1. The van der Waals surface area contributed by atoms with Crippen molar-refractivity contribution in [1.82, 2.24) is 20.0 Å². The van der Waals surface area contributed by atoms with Gasteiger partial charge in [-0.15, -0.1) is 0 Å². The zero-order valence-corrected chi connectivity index (χ0v) is 12.8. The molecule has 0 radical (unpaired) electrons. The van der Waals surface area contributed by atoms with Crippen LogP contribution in [0.4, 0.5) is 4.79 Å². The van der Waals surface area contributed by atoms with E-state index in [1.165, 1.54) is 0 Å². The molecule has 0 aromatic heterocycles. The molecule has 2 fully saturated rings. The molecule has 0 aromatic carbocycles. The third-order valence-electron chi connectivity index (χ3n) is 4.40. The van der Waals surface area contributed by atoms with Gasteiger partial charge in [0.15, 0.2) is 0 Å². The molecule has 120 valence electrons. The van der Waals surface area contributed by atoms with Crippen molar-refractivity contribution in [1.29, 1.82) is 0 Å². The molecule has 7 heteroatoms. The maximum atomic E-state index is 12.1. The van der Waals surface area contributed by atoms with Gasteiger partial charge in [-0.2, -0.15) is 0 Å². The van der Waals surface area contributed by atoms with Crippen molar-refractivity contribution in [2.24, 2.45) is 5.92 Å². The van der Waals surface area contributed by atoms with Crippen molar-refractivity contribution in [3.8, 4) is 0 Å². The lowest BCUT2D eigenvalue weighted by molar-refractivity contribution is -0.138. The maximum Gasteiger partial charge on any atom is 0.317 e. The van der Waals surface area contributed by atoms with Gasteiger partial charge in [0.1, 0.15) is 0 Å². The van der Waals surface area contributed by atoms with Gasteiger partial charge < -0.3 is 20.2 Å². The molecule has 0 bridgehead atoms. The Labute approximate surface area is 125 Å². The summed E-state index contributed by atoms with van der Waals surface area (Å²) in [5.74, 6) is -0.228. The second-order valence-electron chi connectivity index (χ2n) is 6.09. The number of amides is 2. The summed E-state index contributed by atoms with van der Waals surface area (Å²) in [6, 6.07) is -0.0103. The molecule has 2 N–H and O–H groups in total. The second-order valence-corrected chi connectivity index (χ2v) is 6.09. The molecule has 0 saturated carbocycles. The van der Waals surface area contributed by atoms with Crippen molar-refractivity contribution in [3.63, 3.8) is 0 Å². The van der Waals surface area contributed by atoms with Crippen LogP contribution in [0.2, 0.25) is 0 Å². The number of aliphatic carboxylic acids is 1. The van der Waals surface area contributed by atoms with E-state index in [1.807, 2.05) is 4.90 Å². The monoisotopic (exact) mass is 298 g/mol. The predicted octanol–water partition coefficient (Wildman–Crippen LogP) is -0.260. The summed E-state index contributed by atoms with van der Waals surface area (Å²) in [5, 5.41) is 11.8. The number of nitrogens with one attached hydrogen (secondary N) is 1. The summed E-state index contributed by atoms with van der Waals surface area (Å²) in [5.41, 5.74) is 0. The minimum absolute atomic E-state index is 0.0103. The predicted molar refractivity (Wildman–Crippen MR) is 79.3 cm³/mol. The first kappa shape index (κ1) is 16.0. The van der Waals surface area contributed by atoms with Gasteiger partial charge in [-0.1, -0.05) is 0 Å². The summed E-state index contributed by atoms with van der Waals surface area (Å²) >= 11 is 0. The van der Waals surface area contributed by atoms with Crippen LogP contribution < -0.4 is 5.32 Å². The van der Waals surface area contributed by atoms with Crippen LogP contribution in [-0.2, 0) is 4.79 Å². The highest BCUT2D eigenvalue weighted by atomic mass is 16.4. The molecule has 2 aliphatic rings. The highest BCUT2D eigenvalue weighted by molar-refractivity contribution is 5.74. The van der Waals surface area contributed by atoms with Gasteiger partial charge in [-0.05, 0) is 38.9 Å². The van der Waals surface area contributed by atoms with Crippen molar-refractivity contribution in [2.75, 3.05) is 59.4 Å². The molecular weight excluding hydrogens is 272 g/mol. The van der Waals surface area contributed by atoms with Crippen LogP contribution in [0.15, 0.2) is 0 Å². The number of hydrogen-bond donors (Lipinski definition) is 2. The summed E-state index contributed by atoms with van der Waals surface area (Å²) in [6.45, 7) is 5.50. The number of nitrogens with zero attached hydrogens (tertiary/aromatic N) is 3. The van der Waals surface area contributed by atoms with Crippen LogP contribution in [0.3, 0.4) is 0 Å². The average Bonchev–Trinajstić information content (AvgIpc) is 2.46. The lowest BCUT2D eigenvalue weighted by Crippen LogP contribution is -2.53. The highest BCUT2D eigenvalue weighted by Crippen LogP contribution is 2.14. The van der Waals surface area contributed by atoms with Gasteiger partial charge in [0.2, 0.25) is 0 Å². The topological polar surface area (TPSA) is 76.1 Å². The van der Waals surface area contributed by atoms with Gasteiger partial charge in [-0.3, -0.25) is 9.69 Å². The van der Waals surface area contributed by atoms with Crippen LogP contribution in [0.25, 0.3) is 0 Å². The molecule has 0 atom stereocenters. The second kappa shape index (κ2) is 7.61. The van der Waals surface area contributed by atoms with Crippen LogP contribution in [-0.4, -0.2) is 91.2 Å². The smallest absolute Gasteiger partial charge is 0.317 e. The molecule has 2 aliphatic heterocycles. The molecular formula is C14H26N4O3. The van der Waals surface area contributed by atoms with Crippen molar-refractivity contribution in [2.45, 2.75) is 12.8 Å². The van der Waals surface area contributed by atoms with E-state index in [0.717, 1.165) is 32.5 Å². The number of rotatable bonds is 4. The molecule has 0 aromatic rings. The average molecular weight is 298 g/mol. The number of piperidine rings is 1. The van der Waals surface area contributed by atoms with Crippen molar-refractivity contribution < 1.29 is 14.7 Å². The summed E-state index contributed by atoms with van der Waals surface area (Å²) in [4.78, 5) is 28.7. The summed E-state index contributed by atoms with van der Waals surface area (Å²) in [6.07, 6.45) is 2.28. The Bertz CT molecular complexity index is 361. The van der Waals surface area contributed by atoms with Crippen LogP contribution >= 0.6 is 0 Å². The third kappa shape index (κ3) is 5.17. The van der Waals surface area contributed by atoms with Gasteiger partial charge >= 0.3 is 12.0 Å². The fourth-order valence-corrected chi connectivity index (χ4v) is 2.91. The standard InChI is InChI=1S/C14H26N4O3/c1-16-4-2-12(3-5-16)10-15-14(21)18-8-6-17(7-9-18)11-13(19)20/h12H,2-11H2,1H3,(H,15,21)(H,19,20). The quantitative estimate of drug-likeness (QED) is 0.748. The number of piperazine rings is 1. The number of carbonyl (C=O) groups is 2. The zero-order chi connectivity index (χ0) is 15.2. The highest BCUT2D eigenvalue weighted by Gasteiger charge is 2.23. The Balaban J connectivity index is 1.64. The molecule has 2 heterocycles. The fourth-order valence-electron chi connectivity index (χ4n) is 2.91. The first-order chi connectivity index (χ1) is 10.0. The van der Waals surface area contributed by atoms with E-state index >= 15 is 0 Å². The first-order valence-electron chi connectivity index (χ1n) is 7.70. The van der Waals surface area contributed by atoms with Crippen molar-refractivity contribution in [3.05, 3.63) is 0 Å². The van der Waals surface area contributed by atoms with Crippen LogP contribution in [0, 0.1) is 5.92 Å². The van der Waals surface area contributed by atoms with Crippen LogP contribution in [0.5, 0.6) is 0 Å². The summed E-state index contributed by atoms with van der Waals surface area (Å²) < 4.78 is 0. The fraction of sp³-hybridized carbons (Fsp3) is 0.857. The molecule has 0 aliphatic carbocycles. The zero-order valence-electron chi connectivity index (χ0n) is 12.8. The largest absolute Gasteiger partial charge is 0.480 e. The van der Waals surface area contributed by atoms with Gasteiger partial charge in [0, 0.05) is 32.7 Å². The molecule has 2 rings (SSSR count). The number of likely N-dealkylation sites (tertiary alicyclic amines) is 1. The van der Waals surface area contributed by atoms with E-state index in [4.69, 9.17) is 5.11 Å². The Morgan fingerprint density at radius 2 is 1.71 bits per heavy atom. The Morgan fingerprint density at radius 1 is 1.10 bits per heavy atom. The Morgan fingerprint density at radius 3 is 2.29 bits per heavy atom. The molecule has 0 spiro atoms.